The van der Waals surface area contributed by atoms with E-state index in [0.717, 1.165) is 16.7 Å². The monoisotopic (exact) mass is 420 g/mol. The Morgan fingerprint density at radius 2 is 1.93 bits per heavy atom. The van der Waals surface area contributed by atoms with Crippen LogP contribution in [-0.4, -0.2) is 31.7 Å². The van der Waals surface area contributed by atoms with E-state index in [4.69, 9.17) is 11.6 Å². The molecule has 28 heavy (non-hydrogen) atoms. The van der Waals surface area contributed by atoms with Crippen molar-refractivity contribution in [2.45, 2.75) is 32.4 Å². The van der Waals surface area contributed by atoms with Gasteiger partial charge in [-0.05, 0) is 61.6 Å². The van der Waals surface area contributed by atoms with Crippen LogP contribution in [0.5, 0.6) is 0 Å². The van der Waals surface area contributed by atoms with E-state index < -0.39 is 10.0 Å². The van der Waals surface area contributed by atoms with Gasteiger partial charge in [-0.2, -0.15) is 0 Å². The predicted octanol–water partition coefficient (Wildman–Crippen LogP) is 4.14. The third-order valence-electron chi connectivity index (χ3n) is 5.19. The summed E-state index contributed by atoms with van der Waals surface area (Å²) in [6.45, 7) is 4.46. The van der Waals surface area contributed by atoms with Crippen molar-refractivity contribution in [3.63, 3.8) is 0 Å². The maximum absolute atomic E-state index is 12.9. The second-order valence-electron chi connectivity index (χ2n) is 7.33. The first-order valence-electron chi connectivity index (χ1n) is 9.35. The Balaban J connectivity index is 1.69. The maximum atomic E-state index is 12.9. The maximum Gasteiger partial charge on any atom is 0.228 e. The van der Waals surface area contributed by atoms with E-state index >= 15 is 0 Å². The standard InChI is InChI=1S/C21H25ClN2O3S/c1-15-6-3-4-7-18(15)14-28(26,27)24-11-5-8-17(13-24)21(25)23-20-10-9-19(22)12-16(20)2/h3-4,6-7,9-10,12,17H,5,8,11,13-14H2,1-2H3,(H,23,25)/t17-/m0/s1. The summed E-state index contributed by atoms with van der Waals surface area (Å²) in [5.41, 5.74) is 3.33. The van der Waals surface area contributed by atoms with Crippen molar-refractivity contribution >= 4 is 33.2 Å². The van der Waals surface area contributed by atoms with E-state index in [2.05, 4.69) is 5.32 Å². The van der Waals surface area contributed by atoms with Crippen molar-refractivity contribution in [1.82, 2.24) is 4.31 Å². The van der Waals surface area contributed by atoms with Gasteiger partial charge in [0.15, 0.2) is 0 Å². The minimum absolute atomic E-state index is 0.0374. The largest absolute Gasteiger partial charge is 0.326 e. The van der Waals surface area contributed by atoms with Crippen LogP contribution >= 0.6 is 11.6 Å². The highest BCUT2D eigenvalue weighted by Crippen LogP contribution is 2.25. The number of piperidine rings is 1. The lowest BCUT2D eigenvalue weighted by molar-refractivity contribution is -0.120. The van der Waals surface area contributed by atoms with Crippen LogP contribution in [0.1, 0.15) is 29.5 Å². The number of hydrogen-bond acceptors (Lipinski definition) is 3. The second-order valence-corrected chi connectivity index (χ2v) is 9.73. The second kappa shape index (κ2) is 8.64. The number of rotatable bonds is 5. The molecule has 0 aliphatic carbocycles. The SMILES string of the molecule is Cc1ccccc1CS(=O)(=O)N1CCC[C@H](C(=O)Nc2ccc(Cl)cc2C)C1. The van der Waals surface area contributed by atoms with Gasteiger partial charge in [0.1, 0.15) is 0 Å². The number of amides is 1. The molecule has 0 radical (unpaired) electrons. The molecular weight excluding hydrogens is 396 g/mol. The molecule has 1 fully saturated rings. The summed E-state index contributed by atoms with van der Waals surface area (Å²) >= 11 is 5.96. The number of sulfonamides is 1. The third kappa shape index (κ3) is 4.93. The van der Waals surface area contributed by atoms with Crippen LogP contribution < -0.4 is 5.32 Å². The molecule has 7 heteroatoms. The van der Waals surface area contributed by atoms with Crippen molar-refractivity contribution in [1.29, 1.82) is 0 Å². The quantitative estimate of drug-likeness (QED) is 0.790. The number of nitrogens with zero attached hydrogens (tertiary/aromatic N) is 1. The Morgan fingerprint density at radius 3 is 2.64 bits per heavy atom. The van der Waals surface area contributed by atoms with Crippen LogP contribution in [-0.2, 0) is 20.6 Å². The zero-order chi connectivity index (χ0) is 20.3. The molecule has 0 spiro atoms. The molecular formula is C21H25ClN2O3S. The summed E-state index contributed by atoms with van der Waals surface area (Å²) in [6, 6.07) is 12.8. The zero-order valence-corrected chi connectivity index (χ0v) is 17.7. The van der Waals surface area contributed by atoms with Crippen LogP contribution in [0.2, 0.25) is 5.02 Å². The summed E-state index contributed by atoms with van der Waals surface area (Å²) in [6.07, 6.45) is 1.35. The number of carbonyl (C=O) groups is 1. The summed E-state index contributed by atoms with van der Waals surface area (Å²) in [5.74, 6) is -0.554. The highest BCUT2D eigenvalue weighted by Gasteiger charge is 2.32. The van der Waals surface area contributed by atoms with Crippen molar-refractivity contribution in [3.05, 3.63) is 64.2 Å². The number of aryl methyl sites for hydroxylation is 2. The fraction of sp³-hybridized carbons (Fsp3) is 0.381. The van der Waals surface area contributed by atoms with Crippen LogP contribution in [0.25, 0.3) is 0 Å². The number of benzene rings is 2. The molecule has 5 nitrogen and oxygen atoms in total. The third-order valence-corrected chi connectivity index (χ3v) is 7.22. The minimum atomic E-state index is -3.48. The fourth-order valence-corrected chi connectivity index (χ4v) is 5.41. The highest BCUT2D eigenvalue weighted by molar-refractivity contribution is 7.88. The molecule has 150 valence electrons. The van der Waals surface area contributed by atoms with Crippen molar-refractivity contribution in [3.8, 4) is 0 Å². The van der Waals surface area contributed by atoms with Gasteiger partial charge in [0, 0.05) is 23.8 Å². The topological polar surface area (TPSA) is 66.5 Å². The van der Waals surface area contributed by atoms with Crippen LogP contribution in [0.3, 0.4) is 0 Å². The molecule has 1 atom stereocenters. The zero-order valence-electron chi connectivity index (χ0n) is 16.1. The Labute approximate surface area is 171 Å². The molecule has 1 aliphatic rings. The van der Waals surface area contributed by atoms with Gasteiger partial charge in [0.25, 0.3) is 0 Å². The van der Waals surface area contributed by atoms with Crippen molar-refractivity contribution < 1.29 is 13.2 Å². The first kappa shape index (κ1) is 20.8. The molecule has 1 aliphatic heterocycles. The average molecular weight is 421 g/mol. The van der Waals surface area contributed by atoms with Gasteiger partial charge in [-0.25, -0.2) is 12.7 Å². The lowest BCUT2D eigenvalue weighted by Gasteiger charge is -2.31. The van der Waals surface area contributed by atoms with Crippen molar-refractivity contribution in [2.24, 2.45) is 5.92 Å². The fourth-order valence-electron chi connectivity index (χ4n) is 3.47. The number of anilines is 1. The molecule has 2 aromatic carbocycles. The van der Waals surface area contributed by atoms with Crippen LogP contribution in [0, 0.1) is 19.8 Å². The van der Waals surface area contributed by atoms with Gasteiger partial charge in [-0.15, -0.1) is 0 Å². The number of carbonyl (C=O) groups excluding carboxylic acids is 1. The van der Waals surface area contributed by atoms with Gasteiger partial charge in [0.05, 0.1) is 11.7 Å². The van der Waals surface area contributed by atoms with E-state index in [1.165, 1.54) is 4.31 Å². The molecule has 1 N–H and O–H groups in total. The first-order valence-corrected chi connectivity index (χ1v) is 11.3. The van der Waals surface area contributed by atoms with Crippen LogP contribution in [0.15, 0.2) is 42.5 Å². The number of nitrogens with one attached hydrogen (secondary N) is 1. The van der Waals surface area contributed by atoms with Gasteiger partial charge < -0.3 is 5.32 Å². The lowest BCUT2D eigenvalue weighted by Crippen LogP contribution is -2.44. The number of hydrogen-bond donors (Lipinski definition) is 1. The van der Waals surface area contributed by atoms with Gasteiger partial charge >= 0.3 is 0 Å². The average Bonchev–Trinajstić information content (AvgIpc) is 2.66. The lowest BCUT2D eigenvalue weighted by atomic mass is 9.98. The Hall–Kier alpha value is -1.89. The smallest absolute Gasteiger partial charge is 0.228 e. The number of halogens is 1. The molecule has 1 heterocycles. The van der Waals surface area contributed by atoms with E-state index in [-0.39, 0.29) is 24.1 Å². The molecule has 2 aromatic rings. The summed E-state index contributed by atoms with van der Waals surface area (Å²) in [5, 5.41) is 3.53. The molecule has 3 rings (SSSR count). The Morgan fingerprint density at radius 1 is 1.18 bits per heavy atom. The molecule has 1 amide bonds. The minimum Gasteiger partial charge on any atom is -0.326 e. The molecule has 0 unspecified atom stereocenters. The molecule has 1 saturated heterocycles. The van der Waals surface area contributed by atoms with Crippen molar-refractivity contribution in [2.75, 3.05) is 18.4 Å². The summed E-state index contributed by atoms with van der Waals surface area (Å²) in [7, 11) is -3.48. The summed E-state index contributed by atoms with van der Waals surface area (Å²) in [4.78, 5) is 12.7. The molecule has 0 aromatic heterocycles. The molecule has 0 bridgehead atoms. The Kier molecular flexibility index (Phi) is 6.43. The van der Waals surface area contributed by atoms with E-state index in [1.54, 1.807) is 18.2 Å². The van der Waals surface area contributed by atoms with E-state index in [9.17, 15) is 13.2 Å². The first-order chi connectivity index (χ1) is 13.3. The van der Waals surface area contributed by atoms with E-state index in [0.29, 0.717) is 30.1 Å². The normalized spacial score (nSPS) is 18.0. The molecule has 0 saturated carbocycles. The highest BCUT2D eigenvalue weighted by atomic mass is 35.5. The Bertz CT molecular complexity index is 975. The van der Waals surface area contributed by atoms with Gasteiger partial charge in [-0.1, -0.05) is 35.9 Å². The van der Waals surface area contributed by atoms with Crippen LogP contribution in [0.4, 0.5) is 5.69 Å². The summed E-state index contributed by atoms with van der Waals surface area (Å²) < 4.78 is 27.3. The van der Waals surface area contributed by atoms with E-state index in [1.807, 2.05) is 38.1 Å². The predicted molar refractivity (Wildman–Crippen MR) is 113 cm³/mol. The van der Waals surface area contributed by atoms with Gasteiger partial charge in [0.2, 0.25) is 15.9 Å². The van der Waals surface area contributed by atoms with Gasteiger partial charge in [-0.3, -0.25) is 4.79 Å².